The number of nitrogens with zero attached hydrogens (tertiary/aromatic N) is 3. The first-order valence-corrected chi connectivity index (χ1v) is 7.76. The predicted molar refractivity (Wildman–Crippen MR) is 94.4 cm³/mol. The third-order valence-corrected chi connectivity index (χ3v) is 4.34. The molecule has 1 aromatic carbocycles. The van der Waals surface area contributed by atoms with Crippen molar-refractivity contribution < 1.29 is 0 Å². The second-order valence-corrected chi connectivity index (χ2v) is 5.39. The highest BCUT2D eigenvalue weighted by molar-refractivity contribution is 7.80. The van der Waals surface area contributed by atoms with Crippen molar-refractivity contribution in [1.82, 2.24) is 14.5 Å². The number of hydrogen-bond donors (Lipinski definition) is 0. The van der Waals surface area contributed by atoms with Crippen LogP contribution in [-0.4, -0.2) is 32.7 Å². The minimum atomic E-state index is 0.0200. The molecule has 0 bridgehead atoms. The summed E-state index contributed by atoms with van der Waals surface area (Å²) in [4.78, 5) is 18.9. The van der Waals surface area contributed by atoms with Crippen molar-refractivity contribution in [1.29, 1.82) is 0 Å². The van der Waals surface area contributed by atoms with Crippen molar-refractivity contribution in [3.05, 3.63) is 52.9 Å². The fourth-order valence-corrected chi connectivity index (χ4v) is 3.19. The van der Waals surface area contributed by atoms with Crippen LogP contribution in [0.25, 0.3) is 21.8 Å². The monoisotopic (exact) mass is 311 g/mol. The van der Waals surface area contributed by atoms with E-state index >= 15 is 0 Å². The first-order chi connectivity index (χ1) is 10.7. The lowest BCUT2D eigenvalue weighted by Gasteiger charge is -2.25. The van der Waals surface area contributed by atoms with Gasteiger partial charge in [-0.3, -0.25) is 14.3 Å². The molecule has 2 aromatic heterocycles. The Labute approximate surface area is 134 Å². The lowest BCUT2D eigenvalue weighted by atomic mass is 10.1. The molecule has 0 aliphatic rings. The summed E-state index contributed by atoms with van der Waals surface area (Å²) in [6, 6.07) is 9.33. The van der Waals surface area contributed by atoms with E-state index in [0.29, 0.717) is 15.9 Å². The van der Waals surface area contributed by atoms with E-state index in [1.165, 1.54) is 0 Å². The fourth-order valence-electron chi connectivity index (χ4n) is 2.73. The zero-order chi connectivity index (χ0) is 15.7. The van der Waals surface area contributed by atoms with Gasteiger partial charge in [0.2, 0.25) is 0 Å². The Kier molecular flexibility index (Phi) is 3.90. The van der Waals surface area contributed by atoms with Gasteiger partial charge in [0.05, 0.1) is 17.2 Å². The molecular weight excluding hydrogens is 294 g/mol. The maximum atomic E-state index is 12.7. The number of hydrogen-bond acceptors (Lipinski definition) is 3. The van der Waals surface area contributed by atoms with Gasteiger partial charge < -0.3 is 4.90 Å². The van der Waals surface area contributed by atoms with Crippen molar-refractivity contribution in [2.45, 2.75) is 13.8 Å². The Morgan fingerprint density at radius 1 is 1.14 bits per heavy atom. The summed E-state index contributed by atoms with van der Waals surface area (Å²) in [6.07, 6.45) is 3.35. The zero-order valence-corrected chi connectivity index (χ0v) is 13.4. The van der Waals surface area contributed by atoms with E-state index in [2.05, 4.69) is 23.7 Å². The Balaban J connectivity index is 2.47. The van der Waals surface area contributed by atoms with Gasteiger partial charge in [0.15, 0.2) is 10.5 Å². The van der Waals surface area contributed by atoms with E-state index in [-0.39, 0.29) is 5.43 Å². The highest BCUT2D eigenvalue weighted by Crippen LogP contribution is 2.19. The molecule has 0 saturated heterocycles. The summed E-state index contributed by atoms with van der Waals surface area (Å²) in [5.41, 5.74) is 1.60. The number of aromatic nitrogens is 2. The van der Waals surface area contributed by atoms with Crippen LogP contribution < -0.4 is 5.43 Å². The van der Waals surface area contributed by atoms with E-state index in [1.54, 1.807) is 18.5 Å². The van der Waals surface area contributed by atoms with Crippen LogP contribution in [0.15, 0.2) is 47.5 Å². The van der Waals surface area contributed by atoms with Gasteiger partial charge in [0.1, 0.15) is 0 Å². The third-order valence-electron chi connectivity index (χ3n) is 3.90. The Morgan fingerprint density at radius 3 is 2.55 bits per heavy atom. The molecule has 0 saturated carbocycles. The van der Waals surface area contributed by atoms with Crippen molar-refractivity contribution in [3.8, 4) is 0 Å². The van der Waals surface area contributed by atoms with Crippen LogP contribution in [0.5, 0.6) is 0 Å². The van der Waals surface area contributed by atoms with Crippen LogP contribution in [0.3, 0.4) is 0 Å². The molecule has 112 valence electrons. The van der Waals surface area contributed by atoms with Gasteiger partial charge in [0.25, 0.3) is 0 Å². The molecule has 5 heteroatoms. The number of para-hydroxylation sites is 1. The van der Waals surface area contributed by atoms with Gasteiger partial charge in [-0.15, -0.1) is 0 Å². The van der Waals surface area contributed by atoms with Gasteiger partial charge in [-0.05, 0) is 44.3 Å². The van der Waals surface area contributed by atoms with Crippen molar-refractivity contribution in [2.24, 2.45) is 0 Å². The molecule has 0 spiro atoms. The van der Waals surface area contributed by atoms with Crippen LogP contribution in [0.1, 0.15) is 13.8 Å². The van der Waals surface area contributed by atoms with Gasteiger partial charge >= 0.3 is 0 Å². The van der Waals surface area contributed by atoms with Crippen molar-refractivity contribution >= 4 is 39.1 Å². The summed E-state index contributed by atoms with van der Waals surface area (Å²) < 4.78 is 1.96. The van der Waals surface area contributed by atoms with E-state index in [0.717, 1.165) is 24.1 Å². The quantitative estimate of drug-likeness (QED) is 0.538. The molecule has 0 unspecified atom stereocenters. The molecule has 0 radical (unpaired) electrons. The van der Waals surface area contributed by atoms with Crippen molar-refractivity contribution in [2.75, 3.05) is 13.1 Å². The fraction of sp³-hybridized carbons (Fsp3) is 0.235. The van der Waals surface area contributed by atoms with E-state index in [4.69, 9.17) is 12.2 Å². The molecule has 0 fully saturated rings. The number of fused-ring (bicyclic) bond motifs is 2. The number of benzene rings is 1. The van der Waals surface area contributed by atoms with E-state index in [1.807, 2.05) is 28.8 Å². The van der Waals surface area contributed by atoms with Crippen LogP contribution in [0, 0.1) is 0 Å². The highest BCUT2D eigenvalue weighted by Gasteiger charge is 2.16. The predicted octanol–water partition coefficient (Wildman–Crippen LogP) is 3.02. The molecule has 22 heavy (non-hydrogen) atoms. The van der Waals surface area contributed by atoms with Crippen LogP contribution >= 0.6 is 12.2 Å². The molecule has 0 N–H and O–H groups in total. The Morgan fingerprint density at radius 2 is 1.82 bits per heavy atom. The van der Waals surface area contributed by atoms with Crippen LogP contribution in [-0.2, 0) is 0 Å². The van der Waals surface area contributed by atoms with Crippen molar-refractivity contribution in [3.63, 3.8) is 0 Å². The standard InChI is InChI=1S/C17H17N3OS/c1-3-19(4-2)17(22)20-14-8-6-5-7-12(14)16(21)13-9-10-18-11-15(13)20/h5-11H,3-4H2,1-2H3. The maximum absolute atomic E-state index is 12.7. The first-order valence-electron chi connectivity index (χ1n) is 7.35. The first kappa shape index (κ1) is 14.7. The summed E-state index contributed by atoms with van der Waals surface area (Å²) in [6.45, 7) is 5.77. The number of thiocarbonyl (C=S) groups is 1. The third kappa shape index (κ3) is 2.18. The topological polar surface area (TPSA) is 38.1 Å². The Hall–Kier alpha value is -2.27. The summed E-state index contributed by atoms with van der Waals surface area (Å²) in [5.74, 6) is 0. The zero-order valence-electron chi connectivity index (χ0n) is 12.6. The smallest absolute Gasteiger partial charge is 0.197 e. The minimum absolute atomic E-state index is 0.0200. The molecule has 0 atom stereocenters. The number of pyridine rings is 2. The lowest BCUT2D eigenvalue weighted by Crippen LogP contribution is -2.35. The molecule has 0 aliphatic heterocycles. The average Bonchev–Trinajstić information content (AvgIpc) is 2.56. The molecular formula is C17H17N3OS. The molecule has 2 heterocycles. The SMILES string of the molecule is CCN(CC)C(=S)n1c2ccccc2c(=O)c2ccncc21. The average molecular weight is 311 g/mol. The van der Waals surface area contributed by atoms with E-state index < -0.39 is 0 Å². The van der Waals surface area contributed by atoms with Crippen LogP contribution in [0.2, 0.25) is 0 Å². The summed E-state index contributed by atoms with van der Waals surface area (Å²) in [5, 5.41) is 2.01. The molecule has 3 aromatic rings. The second-order valence-electron chi connectivity index (χ2n) is 5.03. The molecule has 0 aliphatic carbocycles. The summed E-state index contributed by atoms with van der Waals surface area (Å²) in [7, 11) is 0. The molecule has 3 rings (SSSR count). The second kappa shape index (κ2) is 5.85. The lowest BCUT2D eigenvalue weighted by molar-refractivity contribution is 0.462. The Bertz CT molecular complexity index is 853. The largest absolute Gasteiger partial charge is 0.349 e. The molecule has 0 amide bonds. The van der Waals surface area contributed by atoms with Crippen LogP contribution in [0.4, 0.5) is 0 Å². The van der Waals surface area contributed by atoms with Gasteiger partial charge in [0, 0.05) is 30.1 Å². The summed E-state index contributed by atoms with van der Waals surface area (Å²) >= 11 is 5.70. The number of rotatable bonds is 2. The molecule has 4 nitrogen and oxygen atoms in total. The maximum Gasteiger partial charge on any atom is 0.197 e. The van der Waals surface area contributed by atoms with Gasteiger partial charge in [-0.25, -0.2) is 0 Å². The van der Waals surface area contributed by atoms with E-state index in [9.17, 15) is 4.79 Å². The van der Waals surface area contributed by atoms with Gasteiger partial charge in [-0.2, -0.15) is 0 Å². The van der Waals surface area contributed by atoms with Gasteiger partial charge in [-0.1, -0.05) is 12.1 Å². The minimum Gasteiger partial charge on any atom is -0.349 e. The normalized spacial score (nSPS) is 11.0. The highest BCUT2D eigenvalue weighted by atomic mass is 32.1.